The van der Waals surface area contributed by atoms with Crippen molar-refractivity contribution in [2.75, 3.05) is 28.6 Å². The molecule has 4 rings (SSSR count). The van der Waals surface area contributed by atoms with Crippen molar-refractivity contribution in [2.24, 2.45) is 5.92 Å². The number of ether oxygens (including phenoxy) is 2. The molecule has 0 aliphatic carbocycles. The summed E-state index contributed by atoms with van der Waals surface area (Å²) in [6.07, 6.45) is -7.52. The molecule has 1 aromatic heterocycles. The second-order valence-corrected chi connectivity index (χ2v) is 8.66. The Morgan fingerprint density at radius 3 is 1.51 bits per heavy atom. The van der Waals surface area contributed by atoms with Gasteiger partial charge in [0, 0.05) is 42.3 Å². The van der Waals surface area contributed by atoms with Gasteiger partial charge in [-0.3, -0.25) is 0 Å². The van der Waals surface area contributed by atoms with Crippen LogP contribution in [0.3, 0.4) is 0 Å². The van der Waals surface area contributed by atoms with Crippen molar-refractivity contribution in [3.05, 3.63) is 60.7 Å². The molecule has 0 atom stereocenters. The molecule has 0 amide bonds. The van der Waals surface area contributed by atoms with Gasteiger partial charge in [-0.2, -0.15) is 0 Å². The van der Waals surface area contributed by atoms with Crippen molar-refractivity contribution in [3.8, 4) is 11.5 Å². The molecule has 2 heterocycles. The molecule has 12 heteroatoms. The largest absolute Gasteiger partial charge is 0.573 e. The average molecular weight is 526 g/mol. The predicted octanol–water partition coefficient (Wildman–Crippen LogP) is 7.60. The van der Waals surface area contributed by atoms with Gasteiger partial charge in [0.05, 0.1) is 0 Å². The fraction of sp³-hybridized carbons (Fsp3) is 0.320. The summed E-state index contributed by atoms with van der Waals surface area (Å²) in [6, 6.07) is 14.2. The molecule has 6 nitrogen and oxygen atoms in total. The minimum atomic E-state index is -4.78. The Morgan fingerprint density at radius 1 is 0.730 bits per heavy atom. The summed E-state index contributed by atoms with van der Waals surface area (Å²) in [7, 11) is 0. The van der Waals surface area contributed by atoms with E-state index in [0.717, 1.165) is 31.6 Å². The number of anilines is 5. The van der Waals surface area contributed by atoms with Gasteiger partial charge in [0.2, 0.25) is 0 Å². The lowest BCUT2D eigenvalue weighted by atomic mass is 9.99. The molecular weight excluding hydrogens is 502 g/mol. The van der Waals surface area contributed by atoms with Gasteiger partial charge in [-0.05, 0) is 67.3 Å². The first kappa shape index (κ1) is 26.2. The number of aromatic nitrogens is 1. The van der Waals surface area contributed by atoms with Crippen LogP contribution in [0.1, 0.15) is 19.8 Å². The molecular formula is C25H24F6N4O2. The van der Waals surface area contributed by atoms with Crippen LogP contribution in [0.25, 0.3) is 0 Å². The van der Waals surface area contributed by atoms with Crippen molar-refractivity contribution in [1.29, 1.82) is 0 Å². The fourth-order valence-corrected chi connectivity index (χ4v) is 3.87. The molecule has 0 spiro atoms. The molecule has 3 aromatic rings. The predicted molar refractivity (Wildman–Crippen MR) is 128 cm³/mol. The third kappa shape index (κ3) is 8.09. The van der Waals surface area contributed by atoms with Gasteiger partial charge >= 0.3 is 12.7 Å². The fourth-order valence-electron chi connectivity index (χ4n) is 3.87. The maximum Gasteiger partial charge on any atom is 0.573 e. The third-order valence-electron chi connectivity index (χ3n) is 5.68. The summed E-state index contributed by atoms with van der Waals surface area (Å²) in [5.41, 5.74) is 1.86. The molecule has 1 fully saturated rings. The second kappa shape index (κ2) is 10.7. The molecule has 0 saturated carbocycles. The smallest absolute Gasteiger partial charge is 0.406 e. The van der Waals surface area contributed by atoms with E-state index in [2.05, 4.69) is 36.9 Å². The molecule has 1 aliphatic rings. The van der Waals surface area contributed by atoms with E-state index >= 15 is 0 Å². The molecule has 0 radical (unpaired) electrons. The Balaban J connectivity index is 1.55. The molecule has 1 aliphatic heterocycles. The molecule has 37 heavy (non-hydrogen) atoms. The number of hydrogen-bond donors (Lipinski definition) is 2. The maximum absolute atomic E-state index is 12.4. The number of benzene rings is 2. The van der Waals surface area contributed by atoms with E-state index in [4.69, 9.17) is 0 Å². The highest BCUT2D eigenvalue weighted by atomic mass is 19.4. The lowest BCUT2D eigenvalue weighted by molar-refractivity contribution is -0.275. The number of nitrogens with zero attached hydrogens (tertiary/aromatic N) is 2. The van der Waals surface area contributed by atoms with Gasteiger partial charge in [-0.1, -0.05) is 6.92 Å². The van der Waals surface area contributed by atoms with Gasteiger partial charge in [-0.25, -0.2) is 4.98 Å². The van der Waals surface area contributed by atoms with Gasteiger partial charge < -0.3 is 25.0 Å². The van der Waals surface area contributed by atoms with Crippen LogP contribution < -0.4 is 25.0 Å². The molecule has 198 valence electrons. The highest BCUT2D eigenvalue weighted by molar-refractivity contribution is 5.69. The van der Waals surface area contributed by atoms with Gasteiger partial charge in [0.25, 0.3) is 0 Å². The number of pyridine rings is 1. The van der Waals surface area contributed by atoms with E-state index in [0.29, 0.717) is 28.9 Å². The van der Waals surface area contributed by atoms with Gasteiger partial charge in [-0.15, -0.1) is 26.3 Å². The van der Waals surface area contributed by atoms with Crippen LogP contribution in [0.5, 0.6) is 11.5 Å². The first-order chi connectivity index (χ1) is 17.4. The monoisotopic (exact) mass is 526 g/mol. The van der Waals surface area contributed by atoms with E-state index in [-0.39, 0.29) is 11.5 Å². The van der Waals surface area contributed by atoms with Crippen LogP contribution in [0.15, 0.2) is 60.7 Å². The normalized spacial score (nSPS) is 14.8. The van der Waals surface area contributed by atoms with Crippen LogP contribution >= 0.6 is 0 Å². The van der Waals surface area contributed by atoms with Crippen molar-refractivity contribution in [3.63, 3.8) is 0 Å². The maximum atomic E-state index is 12.4. The molecule has 0 unspecified atom stereocenters. The molecule has 0 bridgehead atoms. The zero-order chi connectivity index (χ0) is 26.6. The van der Waals surface area contributed by atoms with Crippen molar-refractivity contribution >= 4 is 28.7 Å². The summed E-state index contributed by atoms with van der Waals surface area (Å²) in [5.74, 6) is 0.786. The zero-order valence-corrected chi connectivity index (χ0v) is 19.7. The number of halogens is 6. The van der Waals surface area contributed by atoms with Gasteiger partial charge in [0.1, 0.15) is 23.1 Å². The Morgan fingerprint density at radius 2 is 1.14 bits per heavy atom. The minimum Gasteiger partial charge on any atom is -0.406 e. The van der Waals surface area contributed by atoms with E-state index in [1.807, 2.05) is 12.1 Å². The summed E-state index contributed by atoms with van der Waals surface area (Å²) < 4.78 is 82.4. The number of hydrogen-bond acceptors (Lipinski definition) is 6. The third-order valence-corrected chi connectivity index (χ3v) is 5.68. The Labute approximate surface area is 209 Å². The number of alkyl halides is 6. The van der Waals surface area contributed by atoms with Crippen LogP contribution in [0, 0.1) is 5.92 Å². The van der Waals surface area contributed by atoms with E-state index in [1.54, 1.807) is 0 Å². The van der Waals surface area contributed by atoms with Crippen molar-refractivity contribution in [1.82, 2.24) is 4.98 Å². The lowest BCUT2D eigenvalue weighted by Crippen LogP contribution is -2.32. The summed E-state index contributed by atoms with van der Waals surface area (Å²) in [5, 5.41) is 6.17. The topological polar surface area (TPSA) is 58.7 Å². The average Bonchev–Trinajstić information content (AvgIpc) is 2.80. The van der Waals surface area contributed by atoms with Crippen molar-refractivity contribution in [2.45, 2.75) is 32.5 Å². The number of piperidine rings is 1. The lowest BCUT2D eigenvalue weighted by Gasteiger charge is -2.32. The van der Waals surface area contributed by atoms with Gasteiger partial charge in [0.15, 0.2) is 0 Å². The highest BCUT2D eigenvalue weighted by Crippen LogP contribution is 2.31. The quantitative estimate of drug-likeness (QED) is 0.309. The van der Waals surface area contributed by atoms with Crippen molar-refractivity contribution < 1.29 is 35.8 Å². The minimum absolute atomic E-state index is 0.345. The summed E-state index contributed by atoms with van der Waals surface area (Å²) in [4.78, 5) is 6.73. The number of nitrogens with one attached hydrogen (secondary N) is 2. The summed E-state index contributed by atoms with van der Waals surface area (Å²) in [6.45, 7) is 3.89. The van der Waals surface area contributed by atoms with E-state index < -0.39 is 12.7 Å². The zero-order valence-electron chi connectivity index (χ0n) is 19.7. The van der Waals surface area contributed by atoms with Crippen LogP contribution in [-0.4, -0.2) is 30.8 Å². The van der Waals surface area contributed by atoms with Crippen LogP contribution in [-0.2, 0) is 0 Å². The molecule has 2 N–H and O–H groups in total. The molecule has 2 aromatic carbocycles. The second-order valence-electron chi connectivity index (χ2n) is 8.66. The molecule has 1 saturated heterocycles. The number of rotatable bonds is 7. The SMILES string of the molecule is CC1CCN(c2cc(Nc3ccc(OC(F)(F)F)cc3)nc(Nc3ccc(OC(F)(F)F)cc3)c2)CC1. The van der Waals surface area contributed by atoms with Crippen LogP contribution in [0.2, 0.25) is 0 Å². The Kier molecular flexibility index (Phi) is 7.55. The standard InChI is InChI=1S/C25H24F6N4O2/c1-16-10-12-35(13-11-16)19-14-22(32-17-2-6-20(7-3-17)36-24(26,27)28)34-23(15-19)33-18-4-8-21(9-5-18)37-25(29,30)31/h2-9,14-16H,10-13H2,1H3,(H2,32,33,34). The first-order valence-corrected chi connectivity index (χ1v) is 11.4. The summed E-state index contributed by atoms with van der Waals surface area (Å²) >= 11 is 0. The highest BCUT2D eigenvalue weighted by Gasteiger charge is 2.31. The Hall–Kier alpha value is -3.83. The van der Waals surface area contributed by atoms with Crippen LogP contribution in [0.4, 0.5) is 55.0 Å². The Bertz CT molecular complexity index is 1100. The van der Waals surface area contributed by atoms with E-state index in [9.17, 15) is 26.3 Å². The first-order valence-electron chi connectivity index (χ1n) is 11.4. The van der Waals surface area contributed by atoms with E-state index in [1.165, 1.54) is 48.5 Å².